The molecule has 0 saturated heterocycles. The van der Waals surface area contributed by atoms with Crippen LogP contribution in [-0.2, 0) is 0 Å². The lowest BCUT2D eigenvalue weighted by molar-refractivity contribution is 0.470. The van der Waals surface area contributed by atoms with Crippen molar-refractivity contribution in [2.24, 2.45) is 0 Å². The zero-order valence-corrected chi connectivity index (χ0v) is 11.6. The van der Waals surface area contributed by atoms with Gasteiger partial charge in [0.1, 0.15) is 11.3 Å². The maximum atomic E-state index is 6.08. The van der Waals surface area contributed by atoms with Crippen molar-refractivity contribution in [3.63, 3.8) is 0 Å². The van der Waals surface area contributed by atoms with Crippen molar-refractivity contribution in [2.75, 3.05) is 7.05 Å². The molecule has 0 bridgehead atoms. The van der Waals surface area contributed by atoms with Crippen LogP contribution >= 0.6 is 0 Å². The van der Waals surface area contributed by atoms with Gasteiger partial charge < -0.3 is 9.73 Å². The van der Waals surface area contributed by atoms with E-state index in [2.05, 4.69) is 46.0 Å². The number of hydrogen-bond donors (Lipinski definition) is 1. The third-order valence-electron chi connectivity index (χ3n) is 3.77. The van der Waals surface area contributed by atoms with Crippen LogP contribution in [0, 0.1) is 27.7 Å². The molecule has 0 aliphatic heterocycles. The van der Waals surface area contributed by atoms with Crippen molar-refractivity contribution < 1.29 is 4.42 Å². The van der Waals surface area contributed by atoms with Gasteiger partial charge in [-0.15, -0.1) is 0 Å². The highest BCUT2D eigenvalue weighted by Crippen LogP contribution is 2.34. The van der Waals surface area contributed by atoms with Gasteiger partial charge in [-0.25, -0.2) is 0 Å². The summed E-state index contributed by atoms with van der Waals surface area (Å²) in [6, 6.07) is 2.50. The van der Waals surface area contributed by atoms with E-state index < -0.39 is 0 Å². The Morgan fingerprint density at radius 3 is 2.29 bits per heavy atom. The molecule has 1 aromatic carbocycles. The Kier molecular flexibility index (Phi) is 3.00. The maximum Gasteiger partial charge on any atom is 0.138 e. The smallest absolute Gasteiger partial charge is 0.138 e. The average Bonchev–Trinajstić information content (AvgIpc) is 2.64. The minimum absolute atomic E-state index is 0.251. The molecule has 1 heterocycles. The summed E-state index contributed by atoms with van der Waals surface area (Å²) in [6.07, 6.45) is 0. The number of rotatable bonds is 2. The Labute approximate surface area is 103 Å². The molecule has 2 aromatic rings. The van der Waals surface area contributed by atoms with Gasteiger partial charge in [0.05, 0.1) is 6.04 Å². The second-order valence-corrected chi connectivity index (χ2v) is 4.94. The first-order valence-corrected chi connectivity index (χ1v) is 6.14. The van der Waals surface area contributed by atoms with Crippen LogP contribution in [0.15, 0.2) is 10.5 Å². The van der Waals surface area contributed by atoms with Crippen LogP contribution in [-0.4, -0.2) is 7.05 Å². The fourth-order valence-electron chi connectivity index (χ4n) is 2.50. The molecular weight excluding hydrogens is 210 g/mol. The minimum atomic E-state index is 0.251. The predicted molar refractivity (Wildman–Crippen MR) is 72.6 cm³/mol. The summed E-state index contributed by atoms with van der Waals surface area (Å²) in [5.74, 6) is 1.05. The van der Waals surface area contributed by atoms with Gasteiger partial charge in [-0.2, -0.15) is 0 Å². The van der Waals surface area contributed by atoms with Gasteiger partial charge >= 0.3 is 0 Å². The number of benzene rings is 1. The normalized spacial score (nSPS) is 13.3. The first-order chi connectivity index (χ1) is 7.97. The number of nitrogens with one attached hydrogen (secondary N) is 1. The van der Waals surface area contributed by atoms with Crippen LogP contribution in [0.4, 0.5) is 0 Å². The highest BCUT2D eigenvalue weighted by atomic mass is 16.3. The van der Waals surface area contributed by atoms with Gasteiger partial charge in [0, 0.05) is 10.9 Å². The highest BCUT2D eigenvalue weighted by Gasteiger charge is 2.18. The van der Waals surface area contributed by atoms with Crippen molar-refractivity contribution in [2.45, 2.75) is 40.7 Å². The molecule has 0 saturated carbocycles. The second-order valence-electron chi connectivity index (χ2n) is 4.94. The first-order valence-electron chi connectivity index (χ1n) is 6.14. The molecule has 2 nitrogen and oxygen atoms in total. The number of aryl methyl sites for hydroxylation is 4. The Bertz CT molecular complexity index is 566. The third kappa shape index (κ3) is 1.77. The van der Waals surface area contributed by atoms with Crippen LogP contribution in [0.1, 0.15) is 41.0 Å². The number of furan rings is 1. The van der Waals surface area contributed by atoms with E-state index >= 15 is 0 Å². The fraction of sp³-hybridized carbons (Fsp3) is 0.467. The summed E-state index contributed by atoms with van der Waals surface area (Å²) < 4.78 is 6.08. The molecule has 0 aliphatic carbocycles. The molecule has 1 N–H and O–H groups in total. The Hall–Kier alpha value is -1.28. The molecule has 2 heteroatoms. The molecule has 0 spiro atoms. The molecule has 1 aromatic heterocycles. The lowest BCUT2D eigenvalue weighted by Gasteiger charge is -2.07. The van der Waals surface area contributed by atoms with E-state index in [-0.39, 0.29) is 6.04 Å². The van der Waals surface area contributed by atoms with E-state index in [4.69, 9.17) is 4.42 Å². The summed E-state index contributed by atoms with van der Waals surface area (Å²) in [5.41, 5.74) is 6.18. The summed E-state index contributed by atoms with van der Waals surface area (Å²) in [6.45, 7) is 10.7. The van der Waals surface area contributed by atoms with Crippen molar-refractivity contribution in [1.29, 1.82) is 0 Å². The van der Waals surface area contributed by atoms with Crippen LogP contribution in [0.5, 0.6) is 0 Å². The van der Waals surface area contributed by atoms with Gasteiger partial charge in [-0.3, -0.25) is 0 Å². The van der Waals surface area contributed by atoms with Crippen LogP contribution in [0.25, 0.3) is 11.0 Å². The quantitative estimate of drug-likeness (QED) is 0.846. The lowest BCUT2D eigenvalue weighted by atomic mass is 9.99. The zero-order chi connectivity index (χ0) is 12.7. The minimum Gasteiger partial charge on any atom is -0.459 e. The van der Waals surface area contributed by atoms with E-state index in [0.717, 1.165) is 11.3 Å². The predicted octanol–water partition coefficient (Wildman–Crippen LogP) is 3.95. The topological polar surface area (TPSA) is 25.2 Å². The first kappa shape index (κ1) is 12.2. The molecule has 0 radical (unpaired) electrons. The molecule has 0 amide bonds. The van der Waals surface area contributed by atoms with Crippen LogP contribution in [0.3, 0.4) is 0 Å². The molecule has 92 valence electrons. The SMILES string of the molecule is CNC(C)c1oc2c(C)c(C)cc(C)c2c1C. The molecule has 0 aliphatic rings. The van der Waals surface area contributed by atoms with E-state index in [1.807, 2.05) is 7.05 Å². The molecule has 1 unspecified atom stereocenters. The monoisotopic (exact) mass is 231 g/mol. The van der Waals surface area contributed by atoms with Gasteiger partial charge in [0.15, 0.2) is 0 Å². The van der Waals surface area contributed by atoms with Crippen molar-refractivity contribution >= 4 is 11.0 Å². The van der Waals surface area contributed by atoms with Crippen molar-refractivity contribution in [3.05, 3.63) is 34.1 Å². The Morgan fingerprint density at radius 2 is 1.71 bits per heavy atom. The third-order valence-corrected chi connectivity index (χ3v) is 3.77. The summed E-state index contributed by atoms with van der Waals surface area (Å²) in [4.78, 5) is 0. The highest BCUT2D eigenvalue weighted by molar-refractivity contribution is 5.88. The average molecular weight is 231 g/mol. The zero-order valence-electron chi connectivity index (χ0n) is 11.6. The maximum absolute atomic E-state index is 6.08. The summed E-state index contributed by atoms with van der Waals surface area (Å²) in [7, 11) is 1.96. The molecule has 2 rings (SSSR count). The Morgan fingerprint density at radius 1 is 1.06 bits per heavy atom. The summed E-state index contributed by atoms with van der Waals surface area (Å²) in [5, 5.41) is 4.53. The standard InChI is InChI=1S/C15H21NO/c1-8-7-9(2)13-11(4)14(12(5)16-6)17-15(13)10(8)3/h7,12,16H,1-6H3. The molecule has 1 atom stereocenters. The summed E-state index contributed by atoms with van der Waals surface area (Å²) >= 11 is 0. The number of fused-ring (bicyclic) bond motifs is 1. The molecule has 0 fully saturated rings. The van der Waals surface area contributed by atoms with Gasteiger partial charge in [0.2, 0.25) is 0 Å². The lowest BCUT2D eigenvalue weighted by Crippen LogP contribution is -2.12. The largest absolute Gasteiger partial charge is 0.459 e. The van der Waals surface area contributed by atoms with E-state index in [0.29, 0.717) is 0 Å². The van der Waals surface area contributed by atoms with Crippen molar-refractivity contribution in [1.82, 2.24) is 5.32 Å². The van der Waals surface area contributed by atoms with Crippen molar-refractivity contribution in [3.8, 4) is 0 Å². The van der Waals surface area contributed by atoms with E-state index in [1.54, 1.807) is 0 Å². The van der Waals surface area contributed by atoms with Crippen LogP contribution < -0.4 is 5.32 Å². The Balaban J connectivity index is 2.82. The molecular formula is C15H21NO. The number of hydrogen-bond acceptors (Lipinski definition) is 2. The van der Waals surface area contributed by atoms with E-state index in [9.17, 15) is 0 Å². The van der Waals surface area contributed by atoms with Gasteiger partial charge in [-0.1, -0.05) is 6.07 Å². The van der Waals surface area contributed by atoms with Gasteiger partial charge in [-0.05, 0) is 58.4 Å². The molecule has 17 heavy (non-hydrogen) atoms. The fourth-order valence-corrected chi connectivity index (χ4v) is 2.50. The second kappa shape index (κ2) is 4.19. The van der Waals surface area contributed by atoms with E-state index in [1.165, 1.54) is 27.6 Å². The van der Waals surface area contributed by atoms with Crippen LogP contribution in [0.2, 0.25) is 0 Å². The van der Waals surface area contributed by atoms with Gasteiger partial charge in [0.25, 0.3) is 0 Å².